The van der Waals surface area contributed by atoms with Gasteiger partial charge in [0.1, 0.15) is 22.5 Å². The molecular weight excluding hydrogens is 685 g/mol. The average Bonchev–Trinajstić information content (AvgIpc) is 3.45. The number of nitrogens with one attached hydrogen (secondary N) is 1. The van der Waals surface area contributed by atoms with Crippen LogP contribution in [0.4, 0.5) is 4.79 Å². The lowest BCUT2D eigenvalue weighted by Crippen LogP contribution is -2.65. The zero-order chi connectivity index (χ0) is 39.2. The Balaban J connectivity index is 1.13. The summed E-state index contributed by atoms with van der Waals surface area (Å²) in [5.41, 5.74) is 1.66. The van der Waals surface area contributed by atoms with Crippen molar-refractivity contribution in [1.82, 2.24) is 15.1 Å². The fraction of sp³-hybridized carbons (Fsp3) is 0.643. The highest BCUT2D eigenvalue weighted by atomic mass is 16.7. The first kappa shape index (κ1) is 40.1. The lowest BCUT2D eigenvalue weighted by molar-refractivity contribution is -0.199. The van der Waals surface area contributed by atoms with E-state index in [2.05, 4.69) is 43.1 Å². The van der Waals surface area contributed by atoms with Gasteiger partial charge in [0.25, 0.3) is 0 Å². The van der Waals surface area contributed by atoms with Gasteiger partial charge in [0, 0.05) is 32.7 Å². The smallest absolute Gasteiger partial charge is 0.482 e. The van der Waals surface area contributed by atoms with Gasteiger partial charge in [-0.25, -0.2) is 9.59 Å². The molecule has 2 bridgehead atoms. The topological polar surface area (TPSA) is 116 Å². The van der Waals surface area contributed by atoms with Crippen LogP contribution in [0.15, 0.2) is 42.5 Å². The number of methoxy groups -OCH3 is 1. The predicted molar refractivity (Wildman–Crippen MR) is 207 cm³/mol. The van der Waals surface area contributed by atoms with Crippen molar-refractivity contribution in [3.05, 3.63) is 64.7 Å². The van der Waals surface area contributed by atoms with Gasteiger partial charge in [-0.2, -0.15) is 0 Å². The molecule has 3 aliphatic carbocycles. The molecule has 5 fully saturated rings. The number of hydrogen-bond donors (Lipinski definition) is 1. The number of carbonyl (C=O) groups excluding carboxylic acids is 3. The summed E-state index contributed by atoms with van der Waals surface area (Å²) in [6, 6.07) is 13.6. The minimum atomic E-state index is -0.674. The van der Waals surface area contributed by atoms with Crippen LogP contribution in [-0.4, -0.2) is 97.0 Å². The van der Waals surface area contributed by atoms with Crippen LogP contribution in [0.25, 0.3) is 0 Å². The van der Waals surface area contributed by atoms with Gasteiger partial charge < -0.3 is 33.7 Å². The third kappa shape index (κ3) is 8.76. The Morgan fingerprint density at radius 1 is 0.907 bits per heavy atom. The molecule has 2 heterocycles. The quantitative estimate of drug-likeness (QED) is 0.223. The summed E-state index contributed by atoms with van der Waals surface area (Å²) in [6.45, 7) is 21.5. The van der Waals surface area contributed by atoms with Crippen LogP contribution in [0.2, 0.25) is 0 Å². The molecule has 0 radical (unpaired) electrons. The fourth-order valence-electron chi connectivity index (χ4n) is 8.88. The number of carbonyl (C=O) groups is 3. The number of piperazine rings is 1. The molecule has 1 N–H and O–H groups in total. The first-order valence-electron chi connectivity index (χ1n) is 19.6. The third-order valence-corrected chi connectivity index (χ3v) is 11.8. The summed E-state index contributed by atoms with van der Waals surface area (Å²) in [4.78, 5) is 43.6. The number of para-hydroxylation sites is 1. The second-order valence-corrected chi connectivity index (χ2v) is 18.5. The second-order valence-electron chi connectivity index (χ2n) is 18.5. The van der Waals surface area contributed by atoms with Crippen LogP contribution in [0.5, 0.6) is 5.75 Å². The van der Waals surface area contributed by atoms with Crippen LogP contribution in [0, 0.1) is 17.3 Å². The maximum atomic E-state index is 13.8. The van der Waals surface area contributed by atoms with Crippen molar-refractivity contribution in [3.8, 4) is 5.75 Å². The second kappa shape index (κ2) is 15.1. The Bertz CT molecular complexity index is 1690. The van der Waals surface area contributed by atoms with E-state index in [-0.39, 0.29) is 29.9 Å². The normalized spacial score (nSPS) is 25.6. The summed E-state index contributed by atoms with van der Waals surface area (Å²) in [7, 11) is 0.869. The largest absolute Gasteiger partial charge is 0.496 e. The van der Waals surface area contributed by atoms with Crippen molar-refractivity contribution in [2.45, 2.75) is 123 Å². The van der Waals surface area contributed by atoms with E-state index in [0.29, 0.717) is 42.7 Å². The molecule has 7 rings (SSSR count). The predicted octanol–water partition coefficient (Wildman–Crippen LogP) is 6.24. The van der Waals surface area contributed by atoms with Crippen molar-refractivity contribution in [2.24, 2.45) is 17.3 Å². The Kier molecular flexibility index (Phi) is 11.2. The van der Waals surface area contributed by atoms with Crippen molar-refractivity contribution in [3.63, 3.8) is 0 Å². The van der Waals surface area contributed by atoms with E-state index in [0.717, 1.165) is 49.2 Å². The number of hydrogen-bond acceptors (Lipinski definition) is 9. The Labute approximate surface area is 321 Å². The van der Waals surface area contributed by atoms with Crippen LogP contribution >= 0.6 is 0 Å². The molecule has 54 heavy (non-hydrogen) atoms. The van der Waals surface area contributed by atoms with Gasteiger partial charge in [-0.05, 0) is 108 Å². The summed E-state index contributed by atoms with van der Waals surface area (Å²) in [6.07, 6.45) is 2.25. The van der Waals surface area contributed by atoms with Crippen LogP contribution < -0.4 is 10.1 Å². The highest BCUT2D eigenvalue weighted by molar-refractivity contribution is 6.48. The first-order valence-corrected chi connectivity index (χ1v) is 19.6. The molecule has 12 heteroatoms. The molecule has 2 aromatic carbocycles. The van der Waals surface area contributed by atoms with Crippen LogP contribution in [0.3, 0.4) is 0 Å². The van der Waals surface area contributed by atoms with Gasteiger partial charge in [-0.1, -0.05) is 50.2 Å². The molecule has 0 spiro atoms. The van der Waals surface area contributed by atoms with E-state index in [1.807, 2.05) is 65.8 Å². The standard InChI is InChI=1S/C42H60BN3O8/c1-39(2,3)51-37(48)31-13-11-12-29(36(31)50-10)23-34(43-53-33-25-30-24-32(41(30,7)8)42(33,9)54-43)44-35(47)22-27-14-16-28(17-15-27)26-45-18-20-46(21-19-45)38(49)52-40(4,5)6/h11-17,30,32-34H,18-26H2,1-10H3,(H,44,47). The van der Waals surface area contributed by atoms with E-state index in [9.17, 15) is 14.4 Å². The molecule has 2 aromatic rings. The first-order chi connectivity index (χ1) is 25.3. The van der Waals surface area contributed by atoms with E-state index in [1.54, 1.807) is 18.1 Å². The molecule has 2 amide bonds. The zero-order valence-corrected chi connectivity index (χ0v) is 34.0. The molecule has 5 atom stereocenters. The molecule has 2 saturated heterocycles. The van der Waals surface area contributed by atoms with Crippen LogP contribution in [-0.2, 0) is 43.0 Å². The van der Waals surface area contributed by atoms with Gasteiger partial charge in [-0.15, -0.1) is 0 Å². The van der Waals surface area contributed by atoms with Gasteiger partial charge in [0.2, 0.25) is 5.91 Å². The Morgan fingerprint density at radius 3 is 2.17 bits per heavy atom. The summed E-state index contributed by atoms with van der Waals surface area (Å²) in [5, 5.41) is 3.27. The van der Waals surface area contributed by atoms with E-state index in [1.165, 1.54) is 0 Å². The van der Waals surface area contributed by atoms with Gasteiger partial charge in [0.05, 0.1) is 31.2 Å². The molecule has 3 saturated carbocycles. The van der Waals surface area contributed by atoms with Crippen molar-refractivity contribution < 1.29 is 37.9 Å². The SMILES string of the molecule is COc1c(CC(NC(=O)Cc2ccc(CN3CCN(C(=O)OC(C)(C)C)CC3)cc2)B2OC3CC4CC(C4(C)C)C3(C)O2)cccc1C(=O)OC(C)(C)C. The monoisotopic (exact) mass is 745 g/mol. The summed E-state index contributed by atoms with van der Waals surface area (Å²) < 4.78 is 30.6. The number of nitrogens with zero attached hydrogens (tertiary/aromatic N) is 2. The molecule has 5 aliphatic rings. The van der Waals surface area contributed by atoms with Gasteiger partial charge in [0.15, 0.2) is 0 Å². The molecule has 2 aliphatic heterocycles. The number of amides is 2. The minimum Gasteiger partial charge on any atom is -0.496 e. The van der Waals surface area contributed by atoms with Gasteiger partial charge >= 0.3 is 19.2 Å². The maximum Gasteiger partial charge on any atom is 0.482 e. The van der Waals surface area contributed by atoms with E-state index >= 15 is 0 Å². The number of benzene rings is 2. The van der Waals surface area contributed by atoms with Crippen molar-refractivity contribution >= 4 is 25.1 Å². The number of esters is 1. The Hall–Kier alpha value is -3.61. The molecule has 0 aromatic heterocycles. The van der Waals surface area contributed by atoms with Crippen LogP contribution in [0.1, 0.15) is 102 Å². The van der Waals surface area contributed by atoms with Crippen molar-refractivity contribution in [1.29, 1.82) is 0 Å². The lowest BCUT2D eigenvalue weighted by Gasteiger charge is -2.64. The highest BCUT2D eigenvalue weighted by Gasteiger charge is 2.68. The summed E-state index contributed by atoms with van der Waals surface area (Å²) >= 11 is 0. The highest BCUT2D eigenvalue weighted by Crippen LogP contribution is 2.65. The lowest BCUT2D eigenvalue weighted by atomic mass is 9.43. The maximum absolute atomic E-state index is 13.8. The fourth-order valence-corrected chi connectivity index (χ4v) is 8.88. The van der Waals surface area contributed by atoms with Crippen molar-refractivity contribution in [2.75, 3.05) is 33.3 Å². The average molecular weight is 746 g/mol. The molecule has 11 nitrogen and oxygen atoms in total. The minimum absolute atomic E-state index is 0.0542. The summed E-state index contributed by atoms with van der Waals surface area (Å²) in [5.74, 6) is 0.214. The zero-order valence-electron chi connectivity index (χ0n) is 34.0. The number of rotatable bonds is 10. The molecule has 294 valence electrons. The number of ether oxygens (including phenoxy) is 3. The third-order valence-electron chi connectivity index (χ3n) is 11.8. The van der Waals surface area contributed by atoms with E-state index in [4.69, 9.17) is 23.5 Å². The molecular formula is C42H60BN3O8. The van der Waals surface area contributed by atoms with Gasteiger partial charge in [-0.3, -0.25) is 9.69 Å². The molecule has 5 unspecified atom stereocenters. The van der Waals surface area contributed by atoms with E-state index < -0.39 is 35.8 Å². The Morgan fingerprint density at radius 2 is 1.56 bits per heavy atom.